The monoisotopic (exact) mass is 183 g/mol. The second-order valence-corrected chi connectivity index (χ2v) is 7.85. The maximum Gasteiger partial charge on any atom is 0.153 e. The highest BCUT2D eigenvalue weighted by atomic mass is 28.3. The lowest BCUT2D eigenvalue weighted by molar-refractivity contribution is 0.472. The van der Waals surface area contributed by atoms with Crippen LogP contribution in [0.25, 0.3) is 0 Å². The van der Waals surface area contributed by atoms with Crippen LogP contribution in [0.15, 0.2) is 24.4 Å². The molecular weight excluding hydrogens is 162 g/mol. The van der Waals surface area contributed by atoms with Gasteiger partial charge in [-0.3, -0.25) is 0 Å². The summed E-state index contributed by atoms with van der Waals surface area (Å²) in [6.07, 6.45) is 1.91. The average molecular weight is 183 g/mol. The standard InChI is InChI=1S/C10H21NSi/c1-7-10(4)12(5,6)11(8-2)9-3/h7H,1,4,8-9H2,2-3,5-6H3. The van der Waals surface area contributed by atoms with Crippen molar-refractivity contribution in [1.82, 2.24) is 4.57 Å². The Hall–Kier alpha value is -0.343. The van der Waals surface area contributed by atoms with Gasteiger partial charge in [-0.2, -0.15) is 0 Å². The Bertz CT molecular complexity index is 169. The van der Waals surface area contributed by atoms with Gasteiger partial charge in [0.1, 0.15) is 0 Å². The fraction of sp³-hybridized carbons (Fsp3) is 0.600. The highest BCUT2D eigenvalue weighted by Gasteiger charge is 2.28. The van der Waals surface area contributed by atoms with Crippen LogP contribution < -0.4 is 0 Å². The van der Waals surface area contributed by atoms with Gasteiger partial charge in [-0.15, -0.1) is 0 Å². The van der Waals surface area contributed by atoms with Gasteiger partial charge in [-0.1, -0.05) is 51.4 Å². The van der Waals surface area contributed by atoms with Gasteiger partial charge in [0.2, 0.25) is 0 Å². The minimum absolute atomic E-state index is 1.11. The SMILES string of the molecule is C=CC(=C)[Si](C)(C)N(CC)CC. The van der Waals surface area contributed by atoms with E-state index < -0.39 is 8.24 Å². The topological polar surface area (TPSA) is 3.24 Å². The quantitative estimate of drug-likeness (QED) is 0.468. The zero-order valence-corrected chi connectivity index (χ0v) is 9.85. The van der Waals surface area contributed by atoms with Gasteiger partial charge in [0.25, 0.3) is 0 Å². The normalized spacial score (nSPS) is 11.8. The summed E-state index contributed by atoms with van der Waals surface area (Å²) < 4.78 is 2.51. The highest BCUT2D eigenvalue weighted by Crippen LogP contribution is 2.18. The van der Waals surface area contributed by atoms with Crippen molar-refractivity contribution in [1.29, 1.82) is 0 Å². The van der Waals surface area contributed by atoms with E-state index in [0.717, 1.165) is 13.1 Å². The second-order valence-electron chi connectivity index (χ2n) is 3.46. The Morgan fingerprint density at radius 1 is 1.33 bits per heavy atom. The fourth-order valence-corrected chi connectivity index (χ4v) is 3.95. The smallest absolute Gasteiger partial charge is 0.153 e. The van der Waals surface area contributed by atoms with Crippen molar-refractivity contribution in [3.05, 3.63) is 24.4 Å². The second kappa shape index (κ2) is 4.63. The third kappa shape index (κ3) is 2.32. The molecule has 0 aliphatic carbocycles. The van der Waals surface area contributed by atoms with Crippen LogP contribution in [0.1, 0.15) is 13.8 Å². The Morgan fingerprint density at radius 2 is 1.75 bits per heavy atom. The predicted molar refractivity (Wildman–Crippen MR) is 59.7 cm³/mol. The van der Waals surface area contributed by atoms with Crippen LogP contribution in [-0.2, 0) is 0 Å². The van der Waals surface area contributed by atoms with Crippen molar-refractivity contribution in [2.45, 2.75) is 26.9 Å². The number of nitrogens with zero attached hydrogens (tertiary/aromatic N) is 1. The molecule has 0 aliphatic rings. The summed E-state index contributed by atoms with van der Waals surface area (Å²) in [5.41, 5.74) is 0. The molecule has 0 atom stereocenters. The summed E-state index contributed by atoms with van der Waals surface area (Å²) in [6.45, 7) is 19.1. The lowest BCUT2D eigenvalue weighted by atomic mass is 10.6. The summed E-state index contributed by atoms with van der Waals surface area (Å²) in [5.74, 6) is 0. The molecule has 0 aromatic rings. The van der Waals surface area contributed by atoms with Crippen molar-refractivity contribution < 1.29 is 0 Å². The summed E-state index contributed by atoms with van der Waals surface area (Å²) >= 11 is 0. The minimum atomic E-state index is -1.42. The van der Waals surface area contributed by atoms with Crippen LogP contribution >= 0.6 is 0 Å². The summed E-state index contributed by atoms with van der Waals surface area (Å²) in [7, 11) is -1.42. The van der Waals surface area contributed by atoms with Crippen LogP contribution in [0, 0.1) is 0 Å². The van der Waals surface area contributed by atoms with E-state index >= 15 is 0 Å². The first-order valence-corrected chi connectivity index (χ1v) is 7.52. The number of allylic oxidation sites excluding steroid dienone is 2. The molecule has 0 amide bonds. The molecule has 0 aliphatic heterocycles. The molecule has 0 heterocycles. The number of hydrogen-bond acceptors (Lipinski definition) is 1. The Labute approximate surface area is 77.9 Å². The van der Waals surface area contributed by atoms with Gasteiger partial charge in [-0.05, 0) is 13.1 Å². The first-order valence-electron chi connectivity index (χ1n) is 4.57. The number of hydrogen-bond donors (Lipinski definition) is 0. The summed E-state index contributed by atoms with van der Waals surface area (Å²) in [6, 6.07) is 0. The molecular formula is C10H21NSi. The van der Waals surface area contributed by atoms with Crippen molar-refractivity contribution in [3.63, 3.8) is 0 Å². The zero-order valence-electron chi connectivity index (χ0n) is 8.85. The van der Waals surface area contributed by atoms with Crippen LogP contribution in [0.4, 0.5) is 0 Å². The van der Waals surface area contributed by atoms with E-state index in [1.54, 1.807) is 0 Å². The molecule has 0 N–H and O–H groups in total. The molecule has 0 saturated carbocycles. The third-order valence-electron chi connectivity index (χ3n) is 2.59. The molecule has 12 heavy (non-hydrogen) atoms. The van der Waals surface area contributed by atoms with Crippen LogP contribution in [0.3, 0.4) is 0 Å². The molecule has 0 aromatic heterocycles. The van der Waals surface area contributed by atoms with E-state index in [2.05, 4.69) is 44.7 Å². The van der Waals surface area contributed by atoms with Gasteiger partial charge < -0.3 is 4.57 Å². The Balaban J connectivity index is 4.55. The molecule has 1 nitrogen and oxygen atoms in total. The fourth-order valence-electron chi connectivity index (χ4n) is 1.47. The first kappa shape index (κ1) is 11.7. The van der Waals surface area contributed by atoms with Crippen LogP contribution in [-0.4, -0.2) is 25.9 Å². The Kier molecular flexibility index (Phi) is 4.49. The van der Waals surface area contributed by atoms with Gasteiger partial charge in [0.05, 0.1) is 0 Å². The molecule has 0 bridgehead atoms. The maximum absolute atomic E-state index is 4.06. The van der Waals surface area contributed by atoms with E-state index in [-0.39, 0.29) is 0 Å². The van der Waals surface area contributed by atoms with E-state index in [4.69, 9.17) is 0 Å². The first-order chi connectivity index (χ1) is 5.50. The van der Waals surface area contributed by atoms with Crippen molar-refractivity contribution in [3.8, 4) is 0 Å². The lowest BCUT2D eigenvalue weighted by Gasteiger charge is -2.35. The van der Waals surface area contributed by atoms with Crippen molar-refractivity contribution in [2.24, 2.45) is 0 Å². The van der Waals surface area contributed by atoms with Gasteiger partial charge >= 0.3 is 0 Å². The molecule has 0 saturated heterocycles. The zero-order chi connectivity index (χ0) is 9.78. The highest BCUT2D eigenvalue weighted by molar-refractivity contribution is 6.82. The third-order valence-corrected chi connectivity index (χ3v) is 6.58. The summed E-state index contributed by atoms with van der Waals surface area (Å²) in [4.78, 5) is 0. The molecule has 0 unspecified atom stereocenters. The molecule has 2 heteroatoms. The molecule has 0 rings (SSSR count). The minimum Gasteiger partial charge on any atom is -0.321 e. The molecule has 0 spiro atoms. The van der Waals surface area contributed by atoms with E-state index in [9.17, 15) is 0 Å². The number of rotatable bonds is 5. The van der Waals surface area contributed by atoms with Crippen LogP contribution in [0.2, 0.25) is 13.1 Å². The molecule has 70 valence electrons. The largest absolute Gasteiger partial charge is 0.321 e. The summed E-state index contributed by atoms with van der Waals surface area (Å²) in [5, 5.41) is 1.23. The molecule has 0 radical (unpaired) electrons. The van der Waals surface area contributed by atoms with E-state index in [1.807, 2.05) is 6.08 Å². The van der Waals surface area contributed by atoms with E-state index in [0.29, 0.717) is 0 Å². The molecule has 0 aromatic carbocycles. The van der Waals surface area contributed by atoms with Crippen molar-refractivity contribution >= 4 is 8.24 Å². The van der Waals surface area contributed by atoms with E-state index in [1.165, 1.54) is 5.20 Å². The van der Waals surface area contributed by atoms with Gasteiger partial charge in [-0.25, -0.2) is 0 Å². The average Bonchev–Trinajstić information content (AvgIpc) is 2.04. The molecule has 0 fully saturated rings. The maximum atomic E-state index is 4.06. The van der Waals surface area contributed by atoms with Gasteiger partial charge in [0.15, 0.2) is 8.24 Å². The lowest BCUT2D eigenvalue weighted by Crippen LogP contribution is -2.49. The van der Waals surface area contributed by atoms with Crippen molar-refractivity contribution in [2.75, 3.05) is 13.1 Å². The Morgan fingerprint density at radius 3 is 2.00 bits per heavy atom. The van der Waals surface area contributed by atoms with Crippen LogP contribution in [0.5, 0.6) is 0 Å². The predicted octanol–water partition coefficient (Wildman–Crippen LogP) is 2.81. The van der Waals surface area contributed by atoms with Gasteiger partial charge in [0, 0.05) is 0 Å².